The molecule has 1 fully saturated rings. The van der Waals surface area contributed by atoms with E-state index in [9.17, 15) is 9.50 Å². The molecule has 0 amide bonds. The highest BCUT2D eigenvalue weighted by Gasteiger charge is 2.27. The number of nitrogens with one attached hydrogen (secondary N) is 1. The minimum Gasteiger partial charge on any atom is -0.488 e. The zero-order valence-electron chi connectivity index (χ0n) is 11.4. The van der Waals surface area contributed by atoms with Gasteiger partial charge in [-0.05, 0) is 49.9 Å². The van der Waals surface area contributed by atoms with Crippen LogP contribution in [0.4, 0.5) is 4.39 Å². The second-order valence-electron chi connectivity index (χ2n) is 5.13. The number of aliphatic hydroxyl groups is 1. The number of aliphatic hydroxyl groups excluding tert-OH is 1. The summed E-state index contributed by atoms with van der Waals surface area (Å²) in [6, 6.07) is 4.74. The molecule has 2 unspecified atom stereocenters. The van der Waals surface area contributed by atoms with E-state index in [4.69, 9.17) is 4.74 Å². The monoisotopic (exact) mass is 267 g/mol. The average Bonchev–Trinajstić information content (AvgIpc) is 2.75. The Kier molecular flexibility index (Phi) is 5.16. The Morgan fingerprint density at radius 2 is 2.21 bits per heavy atom. The van der Waals surface area contributed by atoms with Crippen LogP contribution in [0.25, 0.3) is 0 Å². The summed E-state index contributed by atoms with van der Waals surface area (Å²) in [5.41, 5.74) is 0.871. The number of hydrogen-bond acceptors (Lipinski definition) is 3. The Hall–Kier alpha value is -1.13. The molecule has 0 spiro atoms. The first-order valence-electron chi connectivity index (χ1n) is 7.04. The molecule has 4 heteroatoms. The highest BCUT2D eigenvalue weighted by Crippen LogP contribution is 2.26. The van der Waals surface area contributed by atoms with Crippen LogP contribution in [-0.4, -0.2) is 23.9 Å². The van der Waals surface area contributed by atoms with E-state index in [0.717, 1.165) is 37.8 Å². The topological polar surface area (TPSA) is 41.5 Å². The van der Waals surface area contributed by atoms with Gasteiger partial charge in [-0.15, -0.1) is 0 Å². The van der Waals surface area contributed by atoms with Gasteiger partial charge in [-0.2, -0.15) is 0 Å². The van der Waals surface area contributed by atoms with Gasteiger partial charge in [0.1, 0.15) is 17.7 Å². The van der Waals surface area contributed by atoms with E-state index < -0.39 is 6.10 Å². The summed E-state index contributed by atoms with van der Waals surface area (Å²) in [7, 11) is 0. The van der Waals surface area contributed by atoms with Crippen molar-refractivity contribution >= 4 is 0 Å². The van der Waals surface area contributed by atoms with Crippen LogP contribution in [0.5, 0.6) is 5.75 Å². The van der Waals surface area contributed by atoms with Gasteiger partial charge in [0.05, 0.1) is 6.10 Å². The molecule has 1 aliphatic carbocycles. The summed E-state index contributed by atoms with van der Waals surface area (Å²) in [6.45, 7) is 3.64. The molecule has 1 aromatic rings. The smallest absolute Gasteiger partial charge is 0.127 e. The maximum atomic E-state index is 13.5. The standard InChI is InChI=1S/C15H22FNO2/c1-2-6-17-10-11-7-12(16)9-13(8-11)19-15-5-3-4-14(15)18/h7-9,14-15,17-18H,2-6,10H2,1H3. The lowest BCUT2D eigenvalue weighted by Crippen LogP contribution is -2.25. The highest BCUT2D eigenvalue weighted by atomic mass is 19.1. The molecule has 0 bridgehead atoms. The Morgan fingerprint density at radius 1 is 1.37 bits per heavy atom. The summed E-state index contributed by atoms with van der Waals surface area (Å²) >= 11 is 0. The molecule has 1 saturated carbocycles. The second-order valence-corrected chi connectivity index (χ2v) is 5.13. The molecular weight excluding hydrogens is 245 g/mol. The van der Waals surface area contributed by atoms with Crippen LogP contribution >= 0.6 is 0 Å². The number of rotatable bonds is 6. The molecule has 2 atom stereocenters. The lowest BCUT2D eigenvalue weighted by atomic mass is 10.2. The van der Waals surface area contributed by atoms with Crippen molar-refractivity contribution in [3.05, 3.63) is 29.6 Å². The summed E-state index contributed by atoms with van der Waals surface area (Å²) in [5, 5.41) is 13.0. The van der Waals surface area contributed by atoms with Crippen LogP contribution in [0.15, 0.2) is 18.2 Å². The molecule has 0 heterocycles. The molecular formula is C15H22FNO2. The largest absolute Gasteiger partial charge is 0.488 e. The van der Waals surface area contributed by atoms with Crippen LogP contribution in [0, 0.1) is 5.82 Å². The van der Waals surface area contributed by atoms with E-state index in [2.05, 4.69) is 12.2 Å². The number of benzene rings is 1. The van der Waals surface area contributed by atoms with Crippen molar-refractivity contribution in [3.63, 3.8) is 0 Å². The van der Waals surface area contributed by atoms with Gasteiger partial charge in [0.25, 0.3) is 0 Å². The number of ether oxygens (including phenoxy) is 1. The Labute approximate surface area is 113 Å². The summed E-state index contributed by atoms with van der Waals surface area (Å²) < 4.78 is 19.2. The Balaban J connectivity index is 1.99. The zero-order valence-corrected chi connectivity index (χ0v) is 11.4. The molecule has 1 aromatic carbocycles. The first-order valence-corrected chi connectivity index (χ1v) is 7.04. The van der Waals surface area contributed by atoms with E-state index in [1.165, 1.54) is 12.1 Å². The van der Waals surface area contributed by atoms with E-state index in [1.54, 1.807) is 0 Å². The highest BCUT2D eigenvalue weighted by molar-refractivity contribution is 5.30. The molecule has 1 aliphatic rings. The third-order valence-corrected chi connectivity index (χ3v) is 3.39. The molecule has 3 nitrogen and oxygen atoms in total. The lowest BCUT2D eigenvalue weighted by molar-refractivity contribution is 0.0601. The van der Waals surface area contributed by atoms with Crippen LogP contribution in [0.3, 0.4) is 0 Å². The number of halogens is 1. The molecule has 19 heavy (non-hydrogen) atoms. The van der Waals surface area contributed by atoms with Gasteiger partial charge in [-0.1, -0.05) is 6.92 Å². The number of hydrogen-bond donors (Lipinski definition) is 2. The van der Waals surface area contributed by atoms with Crippen LogP contribution in [-0.2, 0) is 6.54 Å². The maximum absolute atomic E-state index is 13.5. The summed E-state index contributed by atoms with van der Waals surface area (Å²) in [5.74, 6) is 0.220. The minimum absolute atomic E-state index is 0.196. The fourth-order valence-electron chi connectivity index (χ4n) is 2.42. The SMILES string of the molecule is CCCNCc1cc(F)cc(OC2CCCC2O)c1. The fourth-order valence-corrected chi connectivity index (χ4v) is 2.42. The Morgan fingerprint density at radius 3 is 2.89 bits per heavy atom. The van der Waals surface area contributed by atoms with Gasteiger partial charge in [0, 0.05) is 12.6 Å². The van der Waals surface area contributed by atoms with Gasteiger partial charge >= 0.3 is 0 Å². The van der Waals surface area contributed by atoms with E-state index in [-0.39, 0.29) is 11.9 Å². The molecule has 0 saturated heterocycles. The molecule has 2 rings (SSSR count). The average molecular weight is 267 g/mol. The first-order chi connectivity index (χ1) is 9.19. The maximum Gasteiger partial charge on any atom is 0.127 e. The molecule has 0 aromatic heterocycles. The van der Waals surface area contributed by atoms with Crippen molar-refractivity contribution < 1.29 is 14.2 Å². The third kappa shape index (κ3) is 4.18. The van der Waals surface area contributed by atoms with Gasteiger partial charge in [0.2, 0.25) is 0 Å². The van der Waals surface area contributed by atoms with E-state index >= 15 is 0 Å². The minimum atomic E-state index is -0.426. The third-order valence-electron chi connectivity index (χ3n) is 3.39. The Bertz CT molecular complexity index is 411. The normalized spacial score (nSPS) is 22.7. The van der Waals surface area contributed by atoms with Crippen LogP contribution < -0.4 is 10.1 Å². The first kappa shape index (κ1) is 14.3. The second kappa shape index (κ2) is 6.87. The fraction of sp³-hybridized carbons (Fsp3) is 0.600. The van der Waals surface area contributed by atoms with Gasteiger partial charge in [-0.25, -0.2) is 4.39 Å². The zero-order chi connectivity index (χ0) is 13.7. The molecule has 0 aliphatic heterocycles. The van der Waals surface area contributed by atoms with Gasteiger partial charge < -0.3 is 15.2 Å². The van der Waals surface area contributed by atoms with Crippen LogP contribution in [0.1, 0.15) is 38.2 Å². The predicted molar refractivity (Wildman–Crippen MR) is 72.7 cm³/mol. The molecule has 106 valence electrons. The van der Waals surface area contributed by atoms with Crippen molar-refractivity contribution in [1.29, 1.82) is 0 Å². The van der Waals surface area contributed by atoms with Crippen molar-refractivity contribution in [2.45, 2.75) is 51.4 Å². The molecule has 2 N–H and O–H groups in total. The molecule has 0 radical (unpaired) electrons. The van der Waals surface area contributed by atoms with Crippen molar-refractivity contribution in [3.8, 4) is 5.75 Å². The van der Waals surface area contributed by atoms with Gasteiger partial charge in [-0.3, -0.25) is 0 Å². The van der Waals surface area contributed by atoms with E-state index in [0.29, 0.717) is 12.3 Å². The van der Waals surface area contributed by atoms with Crippen molar-refractivity contribution in [1.82, 2.24) is 5.32 Å². The van der Waals surface area contributed by atoms with Crippen LogP contribution in [0.2, 0.25) is 0 Å². The van der Waals surface area contributed by atoms with Gasteiger partial charge in [0.15, 0.2) is 0 Å². The predicted octanol–water partition coefficient (Wildman–Crippen LogP) is 2.62. The van der Waals surface area contributed by atoms with Crippen molar-refractivity contribution in [2.75, 3.05) is 6.54 Å². The van der Waals surface area contributed by atoms with E-state index in [1.807, 2.05) is 6.07 Å². The summed E-state index contributed by atoms with van der Waals surface area (Å²) in [6.07, 6.45) is 2.99. The lowest BCUT2D eigenvalue weighted by Gasteiger charge is -2.17. The summed E-state index contributed by atoms with van der Waals surface area (Å²) in [4.78, 5) is 0. The quantitative estimate of drug-likeness (QED) is 0.779. The van der Waals surface area contributed by atoms with Crippen molar-refractivity contribution in [2.24, 2.45) is 0 Å².